The van der Waals surface area contributed by atoms with Crippen LogP contribution in [0.4, 0.5) is 0 Å². The number of nitriles is 2. The fourth-order valence-corrected chi connectivity index (χ4v) is 1.56. The maximum Gasteiger partial charge on any atom is 0.0655 e. The standard InChI is InChI=1S/C9H12N2/c10-6-8-2-1-3-9(7-11)5-4-8/h8-9H,1-5H2. The molecule has 0 aromatic carbocycles. The molecule has 58 valence electrons. The van der Waals surface area contributed by atoms with Crippen LogP contribution in [0.3, 0.4) is 0 Å². The molecular formula is C9H12N2. The first-order valence-electron chi connectivity index (χ1n) is 4.16. The average molecular weight is 148 g/mol. The zero-order valence-electron chi connectivity index (χ0n) is 6.58. The highest BCUT2D eigenvalue weighted by atomic mass is 14.3. The molecule has 0 amide bonds. The molecule has 2 heteroatoms. The molecule has 1 aliphatic rings. The molecule has 0 radical (unpaired) electrons. The number of hydrogen-bond donors (Lipinski definition) is 0. The van der Waals surface area contributed by atoms with E-state index >= 15 is 0 Å². The lowest BCUT2D eigenvalue weighted by atomic mass is 10.0. The van der Waals surface area contributed by atoms with Gasteiger partial charge in [-0.25, -0.2) is 0 Å². The van der Waals surface area contributed by atoms with E-state index in [2.05, 4.69) is 12.1 Å². The Morgan fingerprint density at radius 3 is 1.64 bits per heavy atom. The van der Waals surface area contributed by atoms with Crippen LogP contribution >= 0.6 is 0 Å². The number of rotatable bonds is 0. The van der Waals surface area contributed by atoms with Gasteiger partial charge in [-0.15, -0.1) is 0 Å². The molecule has 2 nitrogen and oxygen atoms in total. The van der Waals surface area contributed by atoms with Crippen LogP contribution in [0.25, 0.3) is 0 Å². The van der Waals surface area contributed by atoms with Crippen LogP contribution in [-0.2, 0) is 0 Å². The van der Waals surface area contributed by atoms with Gasteiger partial charge in [-0.3, -0.25) is 0 Å². The molecule has 0 N–H and O–H groups in total. The average Bonchev–Trinajstić information content (AvgIpc) is 2.28. The highest BCUT2D eigenvalue weighted by Crippen LogP contribution is 2.25. The molecule has 2 atom stereocenters. The number of nitrogens with zero attached hydrogens (tertiary/aromatic N) is 2. The third kappa shape index (κ3) is 2.24. The van der Waals surface area contributed by atoms with Gasteiger partial charge in [0.25, 0.3) is 0 Å². The summed E-state index contributed by atoms with van der Waals surface area (Å²) in [6.07, 6.45) is 4.89. The molecule has 0 saturated heterocycles. The van der Waals surface area contributed by atoms with Crippen molar-refractivity contribution in [2.75, 3.05) is 0 Å². The molecule has 0 aromatic heterocycles. The van der Waals surface area contributed by atoms with Crippen molar-refractivity contribution < 1.29 is 0 Å². The van der Waals surface area contributed by atoms with Crippen molar-refractivity contribution >= 4 is 0 Å². The smallest absolute Gasteiger partial charge is 0.0655 e. The molecule has 0 bridgehead atoms. The van der Waals surface area contributed by atoms with Gasteiger partial charge in [0.15, 0.2) is 0 Å². The van der Waals surface area contributed by atoms with Crippen LogP contribution in [0, 0.1) is 34.5 Å². The van der Waals surface area contributed by atoms with E-state index in [4.69, 9.17) is 10.5 Å². The van der Waals surface area contributed by atoms with Crippen LogP contribution in [0.1, 0.15) is 32.1 Å². The molecule has 0 aliphatic heterocycles. The predicted molar refractivity (Wildman–Crippen MR) is 41.3 cm³/mol. The molecule has 0 aromatic rings. The van der Waals surface area contributed by atoms with Crippen molar-refractivity contribution in [2.45, 2.75) is 32.1 Å². The number of hydrogen-bond acceptors (Lipinski definition) is 2. The molecule has 1 fully saturated rings. The Morgan fingerprint density at radius 2 is 1.27 bits per heavy atom. The van der Waals surface area contributed by atoms with Gasteiger partial charge in [0.1, 0.15) is 0 Å². The van der Waals surface area contributed by atoms with Crippen LogP contribution in [-0.4, -0.2) is 0 Å². The minimum absolute atomic E-state index is 0.216. The highest BCUT2D eigenvalue weighted by molar-refractivity contribution is 4.90. The lowest BCUT2D eigenvalue weighted by Crippen LogP contribution is -1.95. The Balaban J connectivity index is 2.42. The van der Waals surface area contributed by atoms with Crippen LogP contribution in [0.2, 0.25) is 0 Å². The van der Waals surface area contributed by atoms with Crippen molar-refractivity contribution in [3.63, 3.8) is 0 Å². The molecule has 1 saturated carbocycles. The predicted octanol–water partition coefficient (Wildman–Crippen LogP) is 2.23. The summed E-state index contributed by atoms with van der Waals surface area (Å²) < 4.78 is 0. The lowest BCUT2D eigenvalue weighted by Gasteiger charge is -2.01. The summed E-state index contributed by atoms with van der Waals surface area (Å²) in [7, 11) is 0. The van der Waals surface area contributed by atoms with Crippen LogP contribution < -0.4 is 0 Å². The van der Waals surface area contributed by atoms with Gasteiger partial charge in [0, 0.05) is 11.8 Å². The van der Waals surface area contributed by atoms with Crippen molar-refractivity contribution in [1.82, 2.24) is 0 Å². The van der Waals surface area contributed by atoms with E-state index in [0.29, 0.717) is 0 Å². The Kier molecular flexibility index (Phi) is 2.93. The second kappa shape index (κ2) is 3.98. The Morgan fingerprint density at radius 1 is 0.818 bits per heavy atom. The third-order valence-electron chi connectivity index (χ3n) is 2.33. The van der Waals surface area contributed by atoms with Gasteiger partial charge >= 0.3 is 0 Å². The summed E-state index contributed by atoms with van der Waals surface area (Å²) >= 11 is 0. The minimum Gasteiger partial charge on any atom is -0.198 e. The first-order valence-corrected chi connectivity index (χ1v) is 4.16. The van der Waals surface area contributed by atoms with Crippen molar-refractivity contribution in [2.24, 2.45) is 11.8 Å². The molecule has 0 spiro atoms. The normalized spacial score (nSPS) is 31.5. The minimum atomic E-state index is 0.216. The lowest BCUT2D eigenvalue weighted by molar-refractivity contribution is 0.549. The summed E-state index contributed by atoms with van der Waals surface area (Å²) in [5, 5.41) is 17.3. The second-order valence-corrected chi connectivity index (χ2v) is 3.16. The van der Waals surface area contributed by atoms with Crippen LogP contribution in [0.15, 0.2) is 0 Å². The van der Waals surface area contributed by atoms with Gasteiger partial charge in [-0.2, -0.15) is 10.5 Å². The van der Waals surface area contributed by atoms with Crippen LogP contribution in [0.5, 0.6) is 0 Å². The summed E-state index contributed by atoms with van der Waals surface area (Å²) in [5.41, 5.74) is 0. The first kappa shape index (κ1) is 8.08. The summed E-state index contributed by atoms with van der Waals surface area (Å²) in [6.45, 7) is 0. The summed E-state index contributed by atoms with van der Waals surface area (Å²) in [6, 6.07) is 4.56. The summed E-state index contributed by atoms with van der Waals surface area (Å²) in [4.78, 5) is 0. The van der Waals surface area contributed by atoms with Gasteiger partial charge in [0.05, 0.1) is 12.1 Å². The molecule has 2 unspecified atom stereocenters. The van der Waals surface area contributed by atoms with Gasteiger partial charge in [0.2, 0.25) is 0 Å². The Labute approximate surface area is 67.4 Å². The van der Waals surface area contributed by atoms with E-state index in [9.17, 15) is 0 Å². The molecule has 1 rings (SSSR count). The van der Waals surface area contributed by atoms with E-state index in [1.807, 2.05) is 0 Å². The molecular weight excluding hydrogens is 136 g/mol. The second-order valence-electron chi connectivity index (χ2n) is 3.16. The fourth-order valence-electron chi connectivity index (χ4n) is 1.56. The maximum absolute atomic E-state index is 8.64. The largest absolute Gasteiger partial charge is 0.198 e. The molecule has 11 heavy (non-hydrogen) atoms. The van der Waals surface area contributed by atoms with Gasteiger partial charge in [-0.1, -0.05) is 6.42 Å². The zero-order valence-corrected chi connectivity index (χ0v) is 6.58. The monoisotopic (exact) mass is 148 g/mol. The van der Waals surface area contributed by atoms with Gasteiger partial charge < -0.3 is 0 Å². The van der Waals surface area contributed by atoms with Crippen molar-refractivity contribution in [3.8, 4) is 12.1 Å². The SMILES string of the molecule is N#CC1CCCC(C#N)CC1. The Hall–Kier alpha value is -1.02. The maximum atomic E-state index is 8.64. The third-order valence-corrected chi connectivity index (χ3v) is 2.33. The van der Waals surface area contributed by atoms with Crippen molar-refractivity contribution in [3.05, 3.63) is 0 Å². The van der Waals surface area contributed by atoms with E-state index in [1.54, 1.807) is 0 Å². The van der Waals surface area contributed by atoms with Gasteiger partial charge in [-0.05, 0) is 25.7 Å². The van der Waals surface area contributed by atoms with Crippen molar-refractivity contribution in [1.29, 1.82) is 10.5 Å². The molecule has 0 heterocycles. The van der Waals surface area contributed by atoms with E-state index < -0.39 is 0 Å². The van der Waals surface area contributed by atoms with E-state index in [-0.39, 0.29) is 11.8 Å². The highest BCUT2D eigenvalue weighted by Gasteiger charge is 2.17. The topological polar surface area (TPSA) is 47.6 Å². The molecule has 1 aliphatic carbocycles. The fraction of sp³-hybridized carbons (Fsp3) is 0.778. The first-order chi connectivity index (χ1) is 5.36. The Bertz CT molecular complexity index is 175. The van der Waals surface area contributed by atoms with E-state index in [0.717, 1.165) is 32.1 Å². The summed E-state index contributed by atoms with van der Waals surface area (Å²) in [5.74, 6) is 0.432. The van der Waals surface area contributed by atoms with E-state index in [1.165, 1.54) is 0 Å². The quantitative estimate of drug-likeness (QED) is 0.494. The zero-order chi connectivity index (χ0) is 8.10.